The summed E-state index contributed by atoms with van der Waals surface area (Å²) in [7, 11) is 1.51. The number of carbonyl (C=O) groups excluding carboxylic acids is 3. The molecule has 1 aromatic carbocycles. The van der Waals surface area contributed by atoms with Crippen molar-refractivity contribution >= 4 is 40.9 Å². The monoisotopic (exact) mass is 357 g/mol. The van der Waals surface area contributed by atoms with Crippen molar-refractivity contribution in [2.24, 2.45) is 0 Å². The summed E-state index contributed by atoms with van der Waals surface area (Å²) in [4.78, 5) is 36.8. The van der Waals surface area contributed by atoms with Crippen LogP contribution in [0.4, 0.5) is 0 Å². The molecule has 1 fully saturated rings. The van der Waals surface area contributed by atoms with Gasteiger partial charge in [0.1, 0.15) is 0 Å². The molecule has 1 aliphatic rings. The normalized spacial score (nSPS) is 13.3. The molecule has 23 heavy (non-hydrogen) atoms. The fraction of sp³-hybridized carbons (Fsp3) is 0.400. The van der Waals surface area contributed by atoms with E-state index in [2.05, 4.69) is 10.6 Å². The number of nitrogens with zero attached hydrogens (tertiary/aromatic N) is 1. The lowest BCUT2D eigenvalue weighted by Crippen LogP contribution is -2.43. The minimum atomic E-state index is -0.437. The average molecular weight is 358 g/mol. The van der Waals surface area contributed by atoms with Crippen LogP contribution in [0.5, 0.6) is 0 Å². The van der Waals surface area contributed by atoms with Gasteiger partial charge >= 0.3 is 0 Å². The second kappa shape index (κ2) is 7.66. The van der Waals surface area contributed by atoms with Crippen molar-refractivity contribution < 1.29 is 14.4 Å². The van der Waals surface area contributed by atoms with Crippen molar-refractivity contribution in [2.75, 3.05) is 20.1 Å². The lowest BCUT2D eigenvalue weighted by molar-refractivity contribution is -0.133. The fourth-order valence-corrected chi connectivity index (χ4v) is 2.13. The van der Waals surface area contributed by atoms with Gasteiger partial charge in [0.2, 0.25) is 11.8 Å². The van der Waals surface area contributed by atoms with Gasteiger partial charge in [-0.3, -0.25) is 14.4 Å². The summed E-state index contributed by atoms with van der Waals surface area (Å²) in [6.07, 6.45) is 1.98. The zero-order valence-electron chi connectivity index (χ0n) is 12.6. The van der Waals surface area contributed by atoms with Crippen LogP contribution in [0.15, 0.2) is 18.2 Å². The molecule has 0 atom stereocenters. The standard InChI is InChI=1S/C15H17Cl2N3O3/c1-20(8-13(21)19-10-3-4-10)14(22)7-18-15(23)9-2-5-11(16)12(17)6-9/h2,5-6,10H,3-4,7-8H2,1H3,(H,18,23)(H,19,21). The molecule has 0 aromatic heterocycles. The minimum absolute atomic E-state index is 0.0298. The third kappa shape index (κ3) is 5.41. The number of benzene rings is 1. The first-order chi connectivity index (χ1) is 10.9. The molecule has 0 spiro atoms. The number of halogens is 2. The number of hydrogen-bond acceptors (Lipinski definition) is 3. The molecule has 2 rings (SSSR count). The maximum absolute atomic E-state index is 11.9. The van der Waals surface area contributed by atoms with Crippen LogP contribution >= 0.6 is 23.2 Å². The molecule has 0 unspecified atom stereocenters. The van der Waals surface area contributed by atoms with Gasteiger partial charge in [-0.25, -0.2) is 0 Å². The topological polar surface area (TPSA) is 78.5 Å². The first kappa shape index (κ1) is 17.6. The van der Waals surface area contributed by atoms with Crippen molar-refractivity contribution in [2.45, 2.75) is 18.9 Å². The highest BCUT2D eigenvalue weighted by Crippen LogP contribution is 2.22. The number of nitrogens with one attached hydrogen (secondary N) is 2. The van der Waals surface area contributed by atoms with Crippen molar-refractivity contribution in [3.63, 3.8) is 0 Å². The first-order valence-corrected chi connectivity index (χ1v) is 7.89. The van der Waals surface area contributed by atoms with Gasteiger partial charge in [0, 0.05) is 18.7 Å². The predicted molar refractivity (Wildman–Crippen MR) is 87.6 cm³/mol. The van der Waals surface area contributed by atoms with Gasteiger partial charge in [-0.05, 0) is 31.0 Å². The van der Waals surface area contributed by atoms with E-state index < -0.39 is 5.91 Å². The molecule has 6 nitrogen and oxygen atoms in total. The second-order valence-electron chi connectivity index (χ2n) is 5.40. The molecule has 0 heterocycles. The molecule has 0 saturated heterocycles. The maximum Gasteiger partial charge on any atom is 0.251 e. The molecule has 3 amide bonds. The van der Waals surface area contributed by atoms with E-state index in [0.717, 1.165) is 12.8 Å². The van der Waals surface area contributed by atoms with Gasteiger partial charge < -0.3 is 15.5 Å². The Morgan fingerprint density at radius 1 is 1.22 bits per heavy atom. The molecule has 1 aromatic rings. The Balaban J connectivity index is 1.79. The van der Waals surface area contributed by atoms with Crippen LogP contribution in [-0.4, -0.2) is 48.8 Å². The van der Waals surface area contributed by atoms with E-state index in [0.29, 0.717) is 10.6 Å². The molecule has 8 heteroatoms. The zero-order valence-corrected chi connectivity index (χ0v) is 14.1. The van der Waals surface area contributed by atoms with Gasteiger partial charge in [0.05, 0.1) is 23.1 Å². The highest BCUT2D eigenvalue weighted by atomic mass is 35.5. The minimum Gasteiger partial charge on any atom is -0.352 e. The molecular formula is C15H17Cl2N3O3. The summed E-state index contributed by atoms with van der Waals surface area (Å²) in [6, 6.07) is 4.70. The number of amides is 3. The highest BCUT2D eigenvalue weighted by Gasteiger charge is 2.24. The summed E-state index contributed by atoms with van der Waals surface area (Å²) in [5.41, 5.74) is 0.307. The maximum atomic E-state index is 11.9. The van der Waals surface area contributed by atoms with Gasteiger partial charge in [-0.15, -0.1) is 0 Å². The summed E-state index contributed by atoms with van der Waals surface area (Å²) >= 11 is 11.6. The molecular weight excluding hydrogens is 341 g/mol. The molecule has 1 aliphatic carbocycles. The van der Waals surface area contributed by atoms with Crippen LogP contribution in [0.2, 0.25) is 10.0 Å². The number of likely N-dealkylation sites (N-methyl/N-ethyl adjacent to an activating group) is 1. The lowest BCUT2D eigenvalue weighted by Gasteiger charge is -2.17. The van der Waals surface area contributed by atoms with E-state index in [9.17, 15) is 14.4 Å². The Bertz CT molecular complexity index is 632. The van der Waals surface area contributed by atoms with Gasteiger partial charge in [0.15, 0.2) is 0 Å². The quantitative estimate of drug-likeness (QED) is 0.808. The molecule has 1 saturated carbocycles. The van der Waals surface area contributed by atoms with Crippen LogP contribution in [0.3, 0.4) is 0 Å². The second-order valence-corrected chi connectivity index (χ2v) is 6.22. The Kier molecular flexibility index (Phi) is 5.85. The van der Waals surface area contributed by atoms with Crippen molar-refractivity contribution in [3.05, 3.63) is 33.8 Å². The largest absolute Gasteiger partial charge is 0.352 e. The van der Waals surface area contributed by atoms with E-state index in [1.165, 1.54) is 30.1 Å². The van der Waals surface area contributed by atoms with E-state index in [1.807, 2.05) is 0 Å². The molecule has 2 N–H and O–H groups in total. The van der Waals surface area contributed by atoms with Gasteiger partial charge in [-0.2, -0.15) is 0 Å². The van der Waals surface area contributed by atoms with Gasteiger partial charge in [0.25, 0.3) is 5.91 Å². The summed E-state index contributed by atoms with van der Waals surface area (Å²) in [5, 5.41) is 5.89. The number of rotatable bonds is 6. The summed E-state index contributed by atoms with van der Waals surface area (Å²) < 4.78 is 0. The Morgan fingerprint density at radius 3 is 2.52 bits per heavy atom. The third-order valence-electron chi connectivity index (χ3n) is 3.33. The van der Waals surface area contributed by atoms with Crippen LogP contribution in [0.1, 0.15) is 23.2 Å². The average Bonchev–Trinajstić information content (AvgIpc) is 3.30. The first-order valence-electron chi connectivity index (χ1n) is 7.13. The third-order valence-corrected chi connectivity index (χ3v) is 4.07. The predicted octanol–water partition coefficient (Wildman–Crippen LogP) is 1.46. The van der Waals surface area contributed by atoms with Crippen LogP contribution in [0, 0.1) is 0 Å². The van der Waals surface area contributed by atoms with Crippen LogP contribution in [-0.2, 0) is 9.59 Å². The van der Waals surface area contributed by atoms with Crippen LogP contribution < -0.4 is 10.6 Å². The van der Waals surface area contributed by atoms with E-state index in [-0.39, 0.29) is 36.0 Å². The van der Waals surface area contributed by atoms with E-state index in [1.54, 1.807) is 0 Å². The molecule has 0 radical (unpaired) electrons. The molecule has 0 bridgehead atoms. The Hall–Kier alpha value is -1.79. The smallest absolute Gasteiger partial charge is 0.251 e. The Labute approximate surface area is 144 Å². The van der Waals surface area contributed by atoms with Crippen molar-refractivity contribution in [1.29, 1.82) is 0 Å². The lowest BCUT2D eigenvalue weighted by atomic mass is 10.2. The SMILES string of the molecule is CN(CC(=O)NC1CC1)C(=O)CNC(=O)c1ccc(Cl)c(Cl)c1. The zero-order chi connectivity index (χ0) is 17.0. The fourth-order valence-electron chi connectivity index (χ4n) is 1.83. The van der Waals surface area contributed by atoms with Crippen LogP contribution in [0.25, 0.3) is 0 Å². The Morgan fingerprint density at radius 2 is 1.91 bits per heavy atom. The molecule has 124 valence electrons. The van der Waals surface area contributed by atoms with E-state index in [4.69, 9.17) is 23.2 Å². The van der Waals surface area contributed by atoms with Crippen molar-refractivity contribution in [1.82, 2.24) is 15.5 Å². The van der Waals surface area contributed by atoms with Gasteiger partial charge in [-0.1, -0.05) is 23.2 Å². The number of hydrogen-bond donors (Lipinski definition) is 2. The van der Waals surface area contributed by atoms with Crippen molar-refractivity contribution in [3.8, 4) is 0 Å². The highest BCUT2D eigenvalue weighted by molar-refractivity contribution is 6.42. The molecule has 0 aliphatic heterocycles. The summed E-state index contributed by atoms with van der Waals surface area (Å²) in [6.45, 7) is -0.232. The number of carbonyl (C=O) groups is 3. The summed E-state index contributed by atoms with van der Waals surface area (Å²) in [5.74, 6) is -0.990. The van der Waals surface area contributed by atoms with E-state index >= 15 is 0 Å².